The van der Waals surface area contributed by atoms with Gasteiger partial charge in [-0.2, -0.15) is 0 Å². The number of hydrogen-bond acceptors (Lipinski definition) is 4. The van der Waals surface area contributed by atoms with Crippen LogP contribution in [0.15, 0.2) is 42.9 Å². The summed E-state index contributed by atoms with van der Waals surface area (Å²) < 4.78 is 7.42. The zero-order valence-corrected chi connectivity index (χ0v) is 13.8. The van der Waals surface area contributed by atoms with Gasteiger partial charge in [0.05, 0.1) is 12.3 Å². The average molecular weight is 324 g/mol. The number of rotatable bonds is 6. The second kappa shape index (κ2) is 7.12. The van der Waals surface area contributed by atoms with Crippen LogP contribution in [0.2, 0.25) is 0 Å². The Bertz CT molecular complexity index is 843. The van der Waals surface area contributed by atoms with Crippen LogP contribution in [0.3, 0.4) is 0 Å². The minimum atomic E-state index is -0.148. The third-order valence-electron chi connectivity index (χ3n) is 3.74. The van der Waals surface area contributed by atoms with Gasteiger partial charge in [-0.3, -0.25) is 14.2 Å². The lowest BCUT2D eigenvalue weighted by Crippen LogP contribution is -2.25. The molecule has 0 aromatic carbocycles. The SMILES string of the molecule is CCOc1cccn2c(C(=O)NCc3ccncc3)c(CC)nc12. The first-order chi connectivity index (χ1) is 11.7. The van der Waals surface area contributed by atoms with Gasteiger partial charge in [-0.25, -0.2) is 4.98 Å². The van der Waals surface area contributed by atoms with Crippen molar-refractivity contribution in [2.24, 2.45) is 0 Å². The van der Waals surface area contributed by atoms with Gasteiger partial charge in [0.25, 0.3) is 5.91 Å². The predicted molar refractivity (Wildman–Crippen MR) is 91.1 cm³/mol. The lowest BCUT2D eigenvalue weighted by molar-refractivity contribution is 0.0944. The van der Waals surface area contributed by atoms with Gasteiger partial charge in [-0.1, -0.05) is 6.92 Å². The number of nitrogens with zero attached hydrogens (tertiary/aromatic N) is 3. The molecule has 0 saturated heterocycles. The summed E-state index contributed by atoms with van der Waals surface area (Å²) in [6, 6.07) is 7.48. The van der Waals surface area contributed by atoms with E-state index in [-0.39, 0.29) is 5.91 Å². The van der Waals surface area contributed by atoms with Crippen LogP contribution in [0.5, 0.6) is 5.75 Å². The number of aryl methyl sites for hydroxylation is 1. The van der Waals surface area contributed by atoms with Gasteiger partial charge in [-0.15, -0.1) is 0 Å². The maximum absolute atomic E-state index is 12.7. The molecule has 0 fully saturated rings. The molecule has 0 unspecified atom stereocenters. The molecule has 0 radical (unpaired) electrons. The van der Waals surface area contributed by atoms with E-state index < -0.39 is 0 Å². The first-order valence-corrected chi connectivity index (χ1v) is 8.04. The first kappa shape index (κ1) is 16.0. The molecule has 1 amide bonds. The highest BCUT2D eigenvalue weighted by Crippen LogP contribution is 2.22. The van der Waals surface area contributed by atoms with Crippen molar-refractivity contribution in [1.82, 2.24) is 19.7 Å². The first-order valence-electron chi connectivity index (χ1n) is 8.04. The maximum atomic E-state index is 12.7. The number of carbonyl (C=O) groups excluding carboxylic acids is 1. The molecule has 0 aliphatic rings. The Hall–Kier alpha value is -2.89. The highest BCUT2D eigenvalue weighted by molar-refractivity contribution is 5.95. The number of fused-ring (bicyclic) bond motifs is 1. The van der Waals surface area contributed by atoms with Crippen LogP contribution in [-0.4, -0.2) is 26.9 Å². The molecule has 3 aromatic heterocycles. The molecule has 6 heteroatoms. The molecule has 0 spiro atoms. The Labute approximate surface area is 140 Å². The zero-order chi connectivity index (χ0) is 16.9. The number of nitrogens with one attached hydrogen (secondary N) is 1. The van der Waals surface area contributed by atoms with Crippen molar-refractivity contribution in [1.29, 1.82) is 0 Å². The Balaban J connectivity index is 1.92. The van der Waals surface area contributed by atoms with Gasteiger partial charge in [0.2, 0.25) is 0 Å². The van der Waals surface area contributed by atoms with Crippen molar-refractivity contribution in [2.45, 2.75) is 26.8 Å². The Morgan fingerprint density at radius 2 is 2.04 bits per heavy atom. The fourth-order valence-corrected chi connectivity index (χ4v) is 2.61. The second-order valence-electron chi connectivity index (χ2n) is 5.30. The van der Waals surface area contributed by atoms with Gasteiger partial charge in [0, 0.05) is 25.1 Å². The molecule has 3 heterocycles. The van der Waals surface area contributed by atoms with E-state index in [0.717, 1.165) is 11.3 Å². The van der Waals surface area contributed by atoms with Crippen molar-refractivity contribution in [2.75, 3.05) is 6.61 Å². The van der Waals surface area contributed by atoms with Gasteiger partial charge in [-0.05, 0) is 43.2 Å². The Morgan fingerprint density at radius 1 is 1.25 bits per heavy atom. The molecular weight excluding hydrogens is 304 g/mol. The minimum Gasteiger partial charge on any atom is -0.490 e. The molecular formula is C18H20N4O2. The van der Waals surface area contributed by atoms with Crippen LogP contribution < -0.4 is 10.1 Å². The monoisotopic (exact) mass is 324 g/mol. The quantitative estimate of drug-likeness (QED) is 0.757. The van der Waals surface area contributed by atoms with Crippen molar-refractivity contribution in [3.05, 3.63) is 59.8 Å². The van der Waals surface area contributed by atoms with Crippen LogP contribution in [0.25, 0.3) is 5.65 Å². The summed E-state index contributed by atoms with van der Waals surface area (Å²) in [5.74, 6) is 0.535. The number of amides is 1. The topological polar surface area (TPSA) is 68.5 Å². The van der Waals surface area contributed by atoms with E-state index in [1.807, 2.05) is 44.3 Å². The molecule has 24 heavy (non-hydrogen) atoms. The fraction of sp³-hybridized carbons (Fsp3) is 0.278. The van der Waals surface area contributed by atoms with Crippen molar-refractivity contribution < 1.29 is 9.53 Å². The third-order valence-corrected chi connectivity index (χ3v) is 3.74. The largest absolute Gasteiger partial charge is 0.490 e. The maximum Gasteiger partial charge on any atom is 0.270 e. The van der Waals surface area contributed by atoms with Gasteiger partial charge in [0.1, 0.15) is 5.69 Å². The van der Waals surface area contributed by atoms with Crippen LogP contribution >= 0.6 is 0 Å². The molecule has 3 rings (SSSR count). The predicted octanol–water partition coefficient (Wildman–Crippen LogP) is 2.62. The highest BCUT2D eigenvalue weighted by atomic mass is 16.5. The average Bonchev–Trinajstić information content (AvgIpc) is 3.00. The van der Waals surface area contributed by atoms with Gasteiger partial charge < -0.3 is 10.1 Å². The highest BCUT2D eigenvalue weighted by Gasteiger charge is 2.19. The number of ether oxygens (including phenoxy) is 1. The molecule has 0 atom stereocenters. The Kier molecular flexibility index (Phi) is 4.74. The molecule has 0 aliphatic carbocycles. The van der Waals surface area contributed by atoms with Crippen LogP contribution in [0.1, 0.15) is 35.6 Å². The zero-order valence-electron chi connectivity index (χ0n) is 13.8. The van der Waals surface area contributed by atoms with E-state index in [2.05, 4.69) is 15.3 Å². The number of carbonyl (C=O) groups is 1. The van der Waals surface area contributed by atoms with Crippen molar-refractivity contribution in [3.8, 4) is 5.75 Å². The van der Waals surface area contributed by atoms with E-state index in [9.17, 15) is 4.79 Å². The molecule has 124 valence electrons. The summed E-state index contributed by atoms with van der Waals surface area (Å²) in [7, 11) is 0. The molecule has 3 aromatic rings. The van der Waals surface area contributed by atoms with E-state index in [0.29, 0.717) is 36.7 Å². The molecule has 0 bridgehead atoms. The summed E-state index contributed by atoms with van der Waals surface area (Å²) in [6.07, 6.45) is 5.93. The lowest BCUT2D eigenvalue weighted by atomic mass is 10.2. The summed E-state index contributed by atoms with van der Waals surface area (Å²) >= 11 is 0. The van der Waals surface area contributed by atoms with Crippen molar-refractivity contribution in [3.63, 3.8) is 0 Å². The number of aromatic nitrogens is 3. The standard InChI is InChI=1S/C18H20N4O2/c1-3-14-16(18(23)20-12-13-7-9-19-10-8-13)22-11-5-6-15(24-4-2)17(22)21-14/h5-11H,3-4,12H2,1-2H3,(H,20,23). The summed E-state index contributed by atoms with van der Waals surface area (Å²) in [5, 5.41) is 2.95. The van der Waals surface area contributed by atoms with E-state index >= 15 is 0 Å². The summed E-state index contributed by atoms with van der Waals surface area (Å²) in [4.78, 5) is 21.3. The number of hydrogen-bond donors (Lipinski definition) is 1. The normalized spacial score (nSPS) is 10.8. The Morgan fingerprint density at radius 3 is 2.75 bits per heavy atom. The van der Waals surface area contributed by atoms with Crippen LogP contribution in [0, 0.1) is 0 Å². The summed E-state index contributed by atoms with van der Waals surface area (Å²) in [5.41, 5.74) is 2.99. The van der Waals surface area contributed by atoms with Gasteiger partial charge in [0.15, 0.2) is 11.4 Å². The van der Waals surface area contributed by atoms with E-state index in [1.165, 1.54) is 0 Å². The van der Waals surface area contributed by atoms with Crippen molar-refractivity contribution >= 4 is 11.6 Å². The van der Waals surface area contributed by atoms with Crippen LogP contribution in [-0.2, 0) is 13.0 Å². The fourth-order valence-electron chi connectivity index (χ4n) is 2.61. The molecule has 1 N–H and O–H groups in total. The minimum absolute atomic E-state index is 0.148. The number of pyridine rings is 2. The van der Waals surface area contributed by atoms with Crippen LogP contribution in [0.4, 0.5) is 0 Å². The summed E-state index contributed by atoms with van der Waals surface area (Å²) in [6.45, 7) is 4.91. The molecule has 6 nitrogen and oxygen atoms in total. The van der Waals surface area contributed by atoms with E-state index in [1.54, 1.807) is 16.8 Å². The molecule has 0 saturated carbocycles. The number of imidazole rings is 1. The second-order valence-corrected chi connectivity index (χ2v) is 5.30. The smallest absolute Gasteiger partial charge is 0.270 e. The molecule has 0 aliphatic heterocycles. The van der Waals surface area contributed by atoms with Gasteiger partial charge >= 0.3 is 0 Å². The van der Waals surface area contributed by atoms with E-state index in [4.69, 9.17) is 4.74 Å². The third kappa shape index (κ3) is 3.08. The lowest BCUT2D eigenvalue weighted by Gasteiger charge is -2.08.